The lowest BCUT2D eigenvalue weighted by Crippen LogP contribution is -2.60. The third kappa shape index (κ3) is 18.7. The number of carbonyl (C=O) groups excluding carboxylic acids is 1. The van der Waals surface area contributed by atoms with Crippen molar-refractivity contribution in [3.8, 4) is 0 Å². The molecule has 43 heavy (non-hydrogen) atoms. The van der Waals surface area contributed by atoms with E-state index in [1.165, 1.54) is 12.8 Å². The van der Waals surface area contributed by atoms with Gasteiger partial charge in [-0.15, -0.1) is 0 Å². The second kappa shape index (κ2) is 23.7. The molecule has 250 valence electrons. The van der Waals surface area contributed by atoms with Crippen molar-refractivity contribution in [3.05, 3.63) is 36.5 Å². The first-order valence-corrected chi connectivity index (χ1v) is 16.6. The van der Waals surface area contributed by atoms with Crippen LogP contribution in [0.5, 0.6) is 0 Å². The number of esters is 1. The summed E-state index contributed by atoms with van der Waals surface area (Å²) in [5, 5.41) is 30.0. The van der Waals surface area contributed by atoms with Crippen molar-refractivity contribution in [2.75, 3.05) is 26.4 Å². The molecule has 13 heteroatoms. The molecule has 0 aromatic carbocycles. The van der Waals surface area contributed by atoms with Gasteiger partial charge in [-0.1, -0.05) is 76.0 Å². The third-order valence-corrected chi connectivity index (χ3v) is 7.05. The molecule has 0 aliphatic carbocycles. The Bertz CT molecular complexity index is 920. The number of aliphatic hydroxyl groups excluding tert-OH is 3. The van der Waals surface area contributed by atoms with E-state index in [0.717, 1.165) is 51.4 Å². The van der Waals surface area contributed by atoms with Gasteiger partial charge in [-0.25, -0.2) is 4.18 Å². The van der Waals surface area contributed by atoms with Crippen LogP contribution in [0.2, 0.25) is 0 Å². The number of ether oxygens (including phenoxy) is 4. The standard InChI is InChI=1S/C30H52O12S/c1-3-5-6-7-8-9-10-11-12-13-14-15-16-17-18-19-20-38-22-24(40-26(32)4-2)23-39-30-28(34)29(42-43(35,36)37)27(33)25(21-31)41-30/h5-6,8-9,11-12,24-25,27-31,33-34H,3-4,7,10,13-23H2,1-2H3,(H,35,36,37)/b6-5-,9-8-,12-11-. The molecule has 1 heterocycles. The topological polar surface area (TPSA) is 178 Å². The van der Waals surface area contributed by atoms with Gasteiger partial charge in [0.15, 0.2) is 6.29 Å². The van der Waals surface area contributed by atoms with E-state index >= 15 is 0 Å². The summed E-state index contributed by atoms with van der Waals surface area (Å²) in [6, 6.07) is 0. The van der Waals surface area contributed by atoms with Gasteiger partial charge >= 0.3 is 16.4 Å². The Hall–Kier alpha value is -1.68. The van der Waals surface area contributed by atoms with Crippen LogP contribution in [0.4, 0.5) is 0 Å². The lowest BCUT2D eigenvalue weighted by atomic mass is 9.99. The molecular formula is C30H52O12S. The van der Waals surface area contributed by atoms with E-state index in [9.17, 15) is 28.5 Å². The Labute approximate surface area is 256 Å². The van der Waals surface area contributed by atoms with Gasteiger partial charge in [-0.3, -0.25) is 9.35 Å². The molecule has 0 saturated carbocycles. The van der Waals surface area contributed by atoms with Crippen LogP contribution in [-0.4, -0.2) is 97.5 Å². The molecule has 1 saturated heterocycles. The van der Waals surface area contributed by atoms with Crippen molar-refractivity contribution in [2.24, 2.45) is 0 Å². The minimum absolute atomic E-state index is 0.0164. The van der Waals surface area contributed by atoms with Gasteiger partial charge in [0.1, 0.15) is 30.5 Å². The SMILES string of the molecule is CC/C=C\C/C=C\C/C=C\CCCCCCCCOCC(COC1OC(CO)C(O)C(OS(=O)(=O)O)C1O)OC(=O)CC. The minimum Gasteiger partial charge on any atom is -0.457 e. The number of unbranched alkanes of at least 4 members (excludes halogenated alkanes) is 6. The van der Waals surface area contributed by atoms with Crippen molar-refractivity contribution < 1.29 is 56.2 Å². The Morgan fingerprint density at radius 2 is 1.51 bits per heavy atom. The zero-order valence-corrected chi connectivity index (χ0v) is 26.3. The van der Waals surface area contributed by atoms with Crippen LogP contribution in [0.25, 0.3) is 0 Å². The quantitative estimate of drug-likeness (QED) is 0.0525. The van der Waals surface area contributed by atoms with Gasteiger partial charge in [0.25, 0.3) is 0 Å². The normalized spacial score (nSPS) is 23.9. The molecule has 1 aliphatic rings. The average molecular weight is 637 g/mol. The van der Waals surface area contributed by atoms with Crippen LogP contribution in [0, 0.1) is 0 Å². The van der Waals surface area contributed by atoms with Gasteiger partial charge in [-0.05, 0) is 38.5 Å². The lowest BCUT2D eigenvalue weighted by Gasteiger charge is -2.41. The van der Waals surface area contributed by atoms with Crippen LogP contribution >= 0.6 is 0 Å². The maximum absolute atomic E-state index is 11.9. The molecule has 0 radical (unpaired) electrons. The molecule has 0 amide bonds. The summed E-state index contributed by atoms with van der Waals surface area (Å²) in [4.78, 5) is 11.9. The van der Waals surface area contributed by atoms with Gasteiger partial charge in [-0.2, -0.15) is 8.42 Å². The van der Waals surface area contributed by atoms with E-state index in [4.69, 9.17) is 23.5 Å². The molecule has 6 atom stereocenters. The Morgan fingerprint density at radius 1 is 0.884 bits per heavy atom. The molecule has 1 rings (SSSR count). The fraction of sp³-hybridized carbons (Fsp3) is 0.767. The van der Waals surface area contributed by atoms with E-state index in [0.29, 0.717) is 6.61 Å². The maximum Gasteiger partial charge on any atom is 0.397 e. The summed E-state index contributed by atoms with van der Waals surface area (Å²) in [5.74, 6) is -0.496. The minimum atomic E-state index is -5.04. The number of hydrogen-bond acceptors (Lipinski definition) is 11. The monoisotopic (exact) mass is 636 g/mol. The zero-order chi connectivity index (χ0) is 31.9. The lowest BCUT2D eigenvalue weighted by molar-refractivity contribution is -0.301. The molecule has 0 spiro atoms. The Morgan fingerprint density at radius 3 is 2.14 bits per heavy atom. The molecule has 0 bridgehead atoms. The highest BCUT2D eigenvalue weighted by atomic mass is 32.3. The van der Waals surface area contributed by atoms with E-state index in [1.54, 1.807) is 6.92 Å². The van der Waals surface area contributed by atoms with Crippen molar-refractivity contribution >= 4 is 16.4 Å². The number of rotatable bonds is 24. The first-order chi connectivity index (χ1) is 20.6. The van der Waals surface area contributed by atoms with Crippen LogP contribution in [0.1, 0.15) is 84.5 Å². The first kappa shape index (κ1) is 39.3. The largest absolute Gasteiger partial charge is 0.457 e. The number of allylic oxidation sites excluding steroid dienone is 6. The number of aliphatic hydroxyl groups is 3. The van der Waals surface area contributed by atoms with Crippen molar-refractivity contribution in [3.63, 3.8) is 0 Å². The molecular weight excluding hydrogens is 584 g/mol. The van der Waals surface area contributed by atoms with Crippen molar-refractivity contribution in [1.29, 1.82) is 0 Å². The predicted octanol–water partition coefficient (Wildman–Crippen LogP) is 3.56. The number of carbonyl (C=O) groups is 1. The van der Waals surface area contributed by atoms with Crippen LogP contribution in [0.3, 0.4) is 0 Å². The maximum atomic E-state index is 11.9. The van der Waals surface area contributed by atoms with E-state index < -0.39 is 59.8 Å². The van der Waals surface area contributed by atoms with Crippen LogP contribution in [-0.2, 0) is 38.3 Å². The molecule has 0 aromatic heterocycles. The van der Waals surface area contributed by atoms with Crippen molar-refractivity contribution in [2.45, 2.75) is 121 Å². The van der Waals surface area contributed by atoms with Gasteiger partial charge in [0.2, 0.25) is 0 Å². The highest BCUT2D eigenvalue weighted by Crippen LogP contribution is 2.25. The van der Waals surface area contributed by atoms with Gasteiger partial charge < -0.3 is 34.3 Å². The Kier molecular flexibility index (Phi) is 21.7. The second-order valence-corrected chi connectivity index (χ2v) is 11.3. The van der Waals surface area contributed by atoms with E-state index in [2.05, 4.69) is 47.6 Å². The first-order valence-electron chi connectivity index (χ1n) is 15.2. The molecule has 4 N–H and O–H groups in total. The van der Waals surface area contributed by atoms with Crippen LogP contribution < -0.4 is 0 Å². The second-order valence-electron chi connectivity index (χ2n) is 10.3. The summed E-state index contributed by atoms with van der Waals surface area (Å²) in [5.41, 5.74) is 0. The highest BCUT2D eigenvalue weighted by Gasteiger charge is 2.48. The van der Waals surface area contributed by atoms with Gasteiger partial charge in [0.05, 0.1) is 19.8 Å². The third-order valence-electron chi connectivity index (χ3n) is 6.58. The predicted molar refractivity (Wildman–Crippen MR) is 160 cm³/mol. The fourth-order valence-electron chi connectivity index (χ4n) is 4.25. The van der Waals surface area contributed by atoms with Gasteiger partial charge in [0, 0.05) is 13.0 Å². The summed E-state index contributed by atoms with van der Waals surface area (Å²) < 4.78 is 57.4. The summed E-state index contributed by atoms with van der Waals surface area (Å²) in [6.45, 7) is 3.19. The molecule has 0 aromatic rings. The summed E-state index contributed by atoms with van der Waals surface area (Å²) in [6.07, 6.45) is 14.6. The average Bonchev–Trinajstić information content (AvgIpc) is 2.97. The summed E-state index contributed by atoms with van der Waals surface area (Å²) >= 11 is 0. The van der Waals surface area contributed by atoms with Crippen molar-refractivity contribution in [1.82, 2.24) is 0 Å². The Balaban J connectivity index is 2.31. The smallest absolute Gasteiger partial charge is 0.397 e. The molecule has 12 nitrogen and oxygen atoms in total. The zero-order valence-electron chi connectivity index (χ0n) is 25.5. The fourth-order valence-corrected chi connectivity index (χ4v) is 4.76. The molecule has 6 unspecified atom stereocenters. The van der Waals surface area contributed by atoms with E-state index in [1.807, 2.05) is 0 Å². The number of hydrogen-bond donors (Lipinski definition) is 4. The summed E-state index contributed by atoms with van der Waals surface area (Å²) in [7, 11) is -5.04. The highest BCUT2D eigenvalue weighted by molar-refractivity contribution is 7.80. The van der Waals surface area contributed by atoms with E-state index in [-0.39, 0.29) is 19.6 Å². The molecule has 1 fully saturated rings. The molecule has 1 aliphatic heterocycles. The van der Waals surface area contributed by atoms with Crippen LogP contribution in [0.15, 0.2) is 36.5 Å².